The molecule has 0 aliphatic carbocycles. The first-order chi connectivity index (χ1) is 7.82. The van der Waals surface area contributed by atoms with E-state index in [0.29, 0.717) is 0 Å². The topological polar surface area (TPSA) is 138 Å². The van der Waals surface area contributed by atoms with Gasteiger partial charge < -0.3 is 15.8 Å². The maximum atomic E-state index is 10.5. The van der Waals surface area contributed by atoms with Gasteiger partial charge >= 0.3 is 17.7 Å². The molecule has 0 aromatic carbocycles. The smallest absolute Gasteiger partial charge is 0.346 e. The van der Waals surface area contributed by atoms with Gasteiger partial charge in [-0.3, -0.25) is 5.32 Å². The second kappa shape index (κ2) is 6.77. The standard InChI is InChI=1S/C5H6N4O2.C4H6O2/c6-4(10)8-3-1-2-7-5(11)9-3;1-3(2)4(5)6/h1-2H,(H4,6,7,8,9,10,11);1H2,2H3,(H,5,6). The fraction of sp³-hybridized carbons (Fsp3) is 0.111. The molecular weight excluding hydrogens is 228 g/mol. The van der Waals surface area contributed by atoms with E-state index in [-0.39, 0.29) is 11.4 Å². The molecule has 0 fully saturated rings. The zero-order valence-electron chi connectivity index (χ0n) is 9.06. The summed E-state index contributed by atoms with van der Waals surface area (Å²) in [6.07, 6.45) is 1.36. The van der Waals surface area contributed by atoms with Crippen molar-refractivity contribution in [1.82, 2.24) is 9.97 Å². The summed E-state index contributed by atoms with van der Waals surface area (Å²) in [4.78, 5) is 36.0. The molecule has 0 atom stereocenters. The van der Waals surface area contributed by atoms with Crippen molar-refractivity contribution in [3.63, 3.8) is 0 Å². The van der Waals surface area contributed by atoms with Crippen LogP contribution in [0.4, 0.5) is 10.6 Å². The number of anilines is 1. The van der Waals surface area contributed by atoms with Gasteiger partial charge in [-0.25, -0.2) is 14.4 Å². The van der Waals surface area contributed by atoms with E-state index in [1.807, 2.05) is 0 Å². The van der Waals surface area contributed by atoms with E-state index in [1.54, 1.807) is 0 Å². The minimum Gasteiger partial charge on any atom is -0.478 e. The van der Waals surface area contributed by atoms with Crippen LogP contribution in [0, 0.1) is 0 Å². The van der Waals surface area contributed by atoms with Crippen LogP contribution in [0.2, 0.25) is 0 Å². The van der Waals surface area contributed by atoms with Gasteiger partial charge in [0.25, 0.3) is 0 Å². The number of primary amides is 1. The number of nitrogens with one attached hydrogen (secondary N) is 2. The highest BCUT2D eigenvalue weighted by molar-refractivity contribution is 5.86. The number of aliphatic carboxylic acids is 1. The van der Waals surface area contributed by atoms with E-state index in [9.17, 15) is 14.4 Å². The quantitative estimate of drug-likeness (QED) is 0.535. The summed E-state index contributed by atoms with van der Waals surface area (Å²) >= 11 is 0. The number of urea groups is 1. The van der Waals surface area contributed by atoms with Crippen molar-refractivity contribution in [2.75, 3.05) is 5.32 Å². The average molecular weight is 240 g/mol. The van der Waals surface area contributed by atoms with E-state index in [2.05, 4.69) is 21.9 Å². The molecule has 0 bridgehead atoms. The average Bonchev–Trinajstić information content (AvgIpc) is 2.17. The van der Waals surface area contributed by atoms with Crippen molar-refractivity contribution in [2.24, 2.45) is 5.73 Å². The Hall–Kier alpha value is -2.64. The first kappa shape index (κ1) is 14.4. The monoisotopic (exact) mass is 240 g/mol. The molecular formula is C9H12N4O4. The fourth-order valence-corrected chi connectivity index (χ4v) is 0.567. The number of carboxylic acid groups (broad SMARTS) is 1. The molecule has 0 aliphatic heterocycles. The van der Waals surface area contributed by atoms with E-state index in [1.165, 1.54) is 19.2 Å². The van der Waals surface area contributed by atoms with Gasteiger partial charge in [0.2, 0.25) is 0 Å². The van der Waals surface area contributed by atoms with E-state index in [0.717, 1.165) is 0 Å². The molecule has 1 heterocycles. The Morgan fingerprint density at radius 1 is 1.59 bits per heavy atom. The molecule has 0 unspecified atom stereocenters. The molecule has 0 radical (unpaired) electrons. The van der Waals surface area contributed by atoms with E-state index < -0.39 is 17.7 Å². The highest BCUT2D eigenvalue weighted by Gasteiger charge is 1.95. The molecule has 1 aromatic rings. The van der Waals surface area contributed by atoms with Crippen molar-refractivity contribution in [2.45, 2.75) is 6.92 Å². The van der Waals surface area contributed by atoms with Gasteiger partial charge in [-0.15, -0.1) is 0 Å². The van der Waals surface area contributed by atoms with Gasteiger partial charge in [-0.05, 0) is 13.0 Å². The van der Waals surface area contributed by atoms with Gasteiger partial charge in [0.15, 0.2) is 0 Å². The molecule has 0 saturated carbocycles. The second-order valence-electron chi connectivity index (χ2n) is 2.85. The van der Waals surface area contributed by atoms with E-state index in [4.69, 9.17) is 10.8 Å². The first-order valence-corrected chi connectivity index (χ1v) is 4.34. The first-order valence-electron chi connectivity index (χ1n) is 4.34. The molecule has 1 aromatic heterocycles. The third-order valence-electron chi connectivity index (χ3n) is 1.29. The Morgan fingerprint density at radius 3 is 2.47 bits per heavy atom. The maximum absolute atomic E-state index is 10.5. The summed E-state index contributed by atoms with van der Waals surface area (Å²) in [7, 11) is 0. The van der Waals surface area contributed by atoms with Crippen LogP contribution in [0.3, 0.4) is 0 Å². The van der Waals surface area contributed by atoms with Crippen LogP contribution in [0.1, 0.15) is 6.92 Å². The Labute approximate surface area is 96.2 Å². The number of rotatable bonds is 2. The number of carbonyl (C=O) groups excluding carboxylic acids is 1. The van der Waals surface area contributed by atoms with Gasteiger partial charge in [-0.2, -0.15) is 4.98 Å². The minimum absolute atomic E-state index is 0.140. The third kappa shape index (κ3) is 7.31. The van der Waals surface area contributed by atoms with E-state index >= 15 is 0 Å². The van der Waals surface area contributed by atoms with Crippen molar-refractivity contribution in [1.29, 1.82) is 0 Å². The number of amides is 2. The summed E-state index contributed by atoms with van der Waals surface area (Å²) in [5.74, 6) is -0.795. The van der Waals surface area contributed by atoms with Crippen LogP contribution in [0.25, 0.3) is 0 Å². The summed E-state index contributed by atoms with van der Waals surface area (Å²) in [5.41, 5.74) is 4.42. The Bertz CT molecular complexity index is 468. The maximum Gasteiger partial charge on any atom is 0.346 e. The number of aromatic nitrogens is 2. The lowest BCUT2D eigenvalue weighted by Crippen LogP contribution is -2.22. The fourth-order valence-electron chi connectivity index (χ4n) is 0.567. The predicted molar refractivity (Wildman–Crippen MR) is 60.5 cm³/mol. The number of nitrogens with two attached hydrogens (primary N) is 1. The van der Waals surface area contributed by atoms with Gasteiger partial charge in [0, 0.05) is 11.8 Å². The molecule has 2 amide bonds. The lowest BCUT2D eigenvalue weighted by atomic mass is 10.4. The van der Waals surface area contributed by atoms with Gasteiger partial charge in [0.05, 0.1) is 0 Å². The number of H-pyrrole nitrogens is 1. The summed E-state index contributed by atoms with van der Waals surface area (Å²) < 4.78 is 0. The summed E-state index contributed by atoms with van der Waals surface area (Å²) in [5, 5.41) is 10.0. The molecule has 8 heteroatoms. The Morgan fingerprint density at radius 2 is 2.12 bits per heavy atom. The highest BCUT2D eigenvalue weighted by atomic mass is 16.4. The number of hydrogen-bond acceptors (Lipinski definition) is 4. The number of hydrogen-bond donors (Lipinski definition) is 4. The van der Waals surface area contributed by atoms with Crippen LogP contribution in [-0.2, 0) is 4.79 Å². The van der Waals surface area contributed by atoms with Crippen LogP contribution in [-0.4, -0.2) is 27.1 Å². The molecule has 1 rings (SSSR count). The molecule has 0 aliphatic rings. The molecule has 5 N–H and O–H groups in total. The molecule has 0 saturated heterocycles. The van der Waals surface area contributed by atoms with Crippen molar-refractivity contribution >= 4 is 17.8 Å². The van der Waals surface area contributed by atoms with Crippen molar-refractivity contribution < 1.29 is 14.7 Å². The van der Waals surface area contributed by atoms with Crippen LogP contribution < -0.4 is 16.7 Å². The largest absolute Gasteiger partial charge is 0.478 e. The molecule has 92 valence electrons. The van der Waals surface area contributed by atoms with Gasteiger partial charge in [-0.1, -0.05) is 6.58 Å². The lowest BCUT2D eigenvalue weighted by molar-refractivity contribution is -0.132. The predicted octanol–water partition coefficient (Wildman–Crippen LogP) is -0.0924. The molecule has 17 heavy (non-hydrogen) atoms. The molecule has 0 spiro atoms. The number of aromatic amines is 1. The van der Waals surface area contributed by atoms with Gasteiger partial charge in [0.1, 0.15) is 5.82 Å². The SMILES string of the molecule is C=C(C)C(=O)O.NC(=O)Nc1cc[nH]c(=O)n1. The van der Waals surface area contributed by atoms with Crippen molar-refractivity contribution in [3.05, 3.63) is 34.9 Å². The summed E-state index contributed by atoms with van der Waals surface area (Å²) in [6, 6.07) is 0.676. The van der Waals surface area contributed by atoms with Crippen LogP contribution >= 0.6 is 0 Å². The number of carbonyl (C=O) groups is 2. The number of carboxylic acids is 1. The normalized spacial score (nSPS) is 8.53. The molecule has 8 nitrogen and oxygen atoms in total. The lowest BCUT2D eigenvalue weighted by Gasteiger charge is -1.96. The zero-order valence-corrected chi connectivity index (χ0v) is 9.06. The minimum atomic E-state index is -0.935. The van der Waals surface area contributed by atoms with Crippen LogP contribution in [0.5, 0.6) is 0 Å². The second-order valence-corrected chi connectivity index (χ2v) is 2.85. The third-order valence-corrected chi connectivity index (χ3v) is 1.29. The Kier molecular flexibility index (Phi) is 5.72. The zero-order chi connectivity index (χ0) is 13.4. The number of nitrogens with zero attached hydrogens (tertiary/aromatic N) is 1. The highest BCUT2D eigenvalue weighted by Crippen LogP contribution is 1.93. The van der Waals surface area contributed by atoms with Crippen LogP contribution in [0.15, 0.2) is 29.2 Å². The van der Waals surface area contributed by atoms with Crippen molar-refractivity contribution in [3.8, 4) is 0 Å². The summed E-state index contributed by atoms with van der Waals surface area (Å²) in [6.45, 7) is 4.60. The Balaban J connectivity index is 0.000000366.